The molecule has 8 heteroatoms. The van der Waals surface area contributed by atoms with Gasteiger partial charge in [-0.3, -0.25) is 4.79 Å². The lowest BCUT2D eigenvalue weighted by atomic mass is 10.3. The molecule has 0 fully saturated rings. The van der Waals surface area contributed by atoms with E-state index in [0.717, 1.165) is 11.5 Å². The third kappa shape index (κ3) is 3.85. The zero-order valence-electron chi connectivity index (χ0n) is 12.0. The van der Waals surface area contributed by atoms with E-state index in [1.807, 2.05) is 6.92 Å². The molecule has 1 N–H and O–H groups in total. The fourth-order valence-electron chi connectivity index (χ4n) is 1.67. The molecule has 1 heterocycles. The number of nitrogens with zero attached hydrogens (tertiary/aromatic N) is 2. The predicted octanol–water partition coefficient (Wildman–Crippen LogP) is 2.42. The monoisotopic (exact) mass is 323 g/mol. The highest BCUT2D eigenvalue weighted by Gasteiger charge is 2.23. The third-order valence-corrected chi connectivity index (χ3v) is 3.57. The number of halogens is 1. The van der Waals surface area contributed by atoms with Gasteiger partial charge < -0.3 is 10.1 Å². The van der Waals surface area contributed by atoms with Gasteiger partial charge in [0.05, 0.1) is 5.69 Å². The Balaban J connectivity index is 1.98. The van der Waals surface area contributed by atoms with Gasteiger partial charge in [-0.05, 0) is 43.1 Å². The fraction of sp³-hybridized carbons (Fsp3) is 0.286. The molecule has 0 saturated carbocycles. The quantitative estimate of drug-likeness (QED) is 0.855. The SMILES string of the molecule is CCc1nnsc1C(=O)O[C@@H](C)C(=O)Nc1cccc(F)c1. The van der Waals surface area contributed by atoms with E-state index >= 15 is 0 Å². The van der Waals surface area contributed by atoms with Crippen LogP contribution in [0, 0.1) is 5.82 Å². The number of aryl methyl sites for hydroxylation is 1. The molecule has 0 aliphatic rings. The van der Waals surface area contributed by atoms with Gasteiger partial charge in [0, 0.05) is 5.69 Å². The molecule has 22 heavy (non-hydrogen) atoms. The Hall–Kier alpha value is -2.35. The Bertz CT molecular complexity index is 689. The van der Waals surface area contributed by atoms with Gasteiger partial charge in [-0.15, -0.1) is 5.10 Å². The second-order valence-electron chi connectivity index (χ2n) is 4.45. The molecule has 6 nitrogen and oxygen atoms in total. The van der Waals surface area contributed by atoms with Crippen LogP contribution in [0.3, 0.4) is 0 Å². The topological polar surface area (TPSA) is 81.2 Å². The summed E-state index contributed by atoms with van der Waals surface area (Å²) in [4.78, 5) is 24.2. The largest absolute Gasteiger partial charge is 0.448 e. The highest BCUT2D eigenvalue weighted by Crippen LogP contribution is 2.15. The summed E-state index contributed by atoms with van der Waals surface area (Å²) in [5.74, 6) is -1.66. The number of carbonyl (C=O) groups is 2. The van der Waals surface area contributed by atoms with Crippen molar-refractivity contribution in [2.75, 3.05) is 5.32 Å². The molecule has 1 atom stereocenters. The molecule has 2 rings (SSSR count). The number of carbonyl (C=O) groups excluding carboxylic acids is 2. The van der Waals surface area contributed by atoms with Crippen molar-refractivity contribution in [1.82, 2.24) is 9.59 Å². The molecule has 0 aliphatic heterocycles. The number of ether oxygens (including phenoxy) is 1. The van der Waals surface area contributed by atoms with Crippen LogP contribution in [0.2, 0.25) is 0 Å². The van der Waals surface area contributed by atoms with Crippen LogP contribution in [-0.4, -0.2) is 27.6 Å². The molecule has 1 aromatic carbocycles. The molecular weight excluding hydrogens is 309 g/mol. The summed E-state index contributed by atoms with van der Waals surface area (Å²) in [5, 5.41) is 6.29. The zero-order chi connectivity index (χ0) is 16.1. The smallest absolute Gasteiger partial charge is 0.352 e. The Labute approximate surface area is 130 Å². The minimum Gasteiger partial charge on any atom is -0.448 e. The summed E-state index contributed by atoms with van der Waals surface area (Å²) in [7, 11) is 0. The van der Waals surface area contributed by atoms with Gasteiger partial charge in [-0.2, -0.15) is 0 Å². The number of aromatic nitrogens is 2. The standard InChI is InChI=1S/C14H14FN3O3S/c1-3-11-12(22-18-17-11)14(20)21-8(2)13(19)16-10-6-4-5-9(15)7-10/h4-8H,3H2,1-2H3,(H,16,19)/t8-/m0/s1. The maximum absolute atomic E-state index is 13.0. The van der Waals surface area contributed by atoms with E-state index < -0.39 is 23.8 Å². The van der Waals surface area contributed by atoms with Crippen LogP contribution in [0.15, 0.2) is 24.3 Å². The van der Waals surface area contributed by atoms with Crippen molar-refractivity contribution < 1.29 is 18.7 Å². The molecule has 0 spiro atoms. The minimum absolute atomic E-state index is 0.285. The van der Waals surface area contributed by atoms with E-state index in [0.29, 0.717) is 17.8 Å². The fourth-order valence-corrected chi connectivity index (χ4v) is 2.31. The zero-order valence-corrected chi connectivity index (χ0v) is 12.8. The predicted molar refractivity (Wildman–Crippen MR) is 79.2 cm³/mol. The average Bonchev–Trinajstić information content (AvgIpc) is 2.95. The van der Waals surface area contributed by atoms with E-state index in [2.05, 4.69) is 14.9 Å². The second-order valence-corrected chi connectivity index (χ2v) is 5.20. The first kappa shape index (κ1) is 16.0. The van der Waals surface area contributed by atoms with E-state index in [4.69, 9.17) is 4.74 Å². The maximum atomic E-state index is 13.0. The highest BCUT2D eigenvalue weighted by atomic mass is 32.1. The van der Waals surface area contributed by atoms with Gasteiger partial charge in [0.25, 0.3) is 5.91 Å². The van der Waals surface area contributed by atoms with Crippen molar-refractivity contribution in [2.24, 2.45) is 0 Å². The van der Waals surface area contributed by atoms with Crippen molar-refractivity contribution in [2.45, 2.75) is 26.4 Å². The highest BCUT2D eigenvalue weighted by molar-refractivity contribution is 7.07. The summed E-state index contributed by atoms with van der Waals surface area (Å²) in [6.07, 6.45) is -0.479. The molecule has 0 bridgehead atoms. The van der Waals surface area contributed by atoms with Crippen LogP contribution < -0.4 is 5.32 Å². The number of hydrogen-bond acceptors (Lipinski definition) is 6. The van der Waals surface area contributed by atoms with Crippen LogP contribution in [0.5, 0.6) is 0 Å². The summed E-state index contributed by atoms with van der Waals surface area (Å²) < 4.78 is 21.8. The Morgan fingerprint density at radius 3 is 2.91 bits per heavy atom. The lowest BCUT2D eigenvalue weighted by Gasteiger charge is -2.13. The number of amides is 1. The first-order valence-electron chi connectivity index (χ1n) is 6.60. The first-order valence-corrected chi connectivity index (χ1v) is 7.37. The van der Waals surface area contributed by atoms with Crippen LogP contribution in [-0.2, 0) is 16.0 Å². The van der Waals surface area contributed by atoms with Crippen molar-refractivity contribution in [1.29, 1.82) is 0 Å². The number of esters is 1. The van der Waals surface area contributed by atoms with Crippen molar-refractivity contribution >= 4 is 29.1 Å². The number of rotatable bonds is 5. The van der Waals surface area contributed by atoms with Crippen molar-refractivity contribution in [3.05, 3.63) is 40.7 Å². The van der Waals surface area contributed by atoms with Gasteiger partial charge in [-0.25, -0.2) is 9.18 Å². The van der Waals surface area contributed by atoms with Crippen LogP contribution in [0.4, 0.5) is 10.1 Å². The summed E-state index contributed by atoms with van der Waals surface area (Å²) in [6, 6.07) is 5.45. The van der Waals surface area contributed by atoms with Gasteiger partial charge in [-0.1, -0.05) is 17.5 Å². The number of benzene rings is 1. The molecule has 2 aromatic rings. The normalized spacial score (nSPS) is 11.8. The summed E-state index contributed by atoms with van der Waals surface area (Å²) in [6.45, 7) is 3.28. The van der Waals surface area contributed by atoms with E-state index in [9.17, 15) is 14.0 Å². The lowest BCUT2D eigenvalue weighted by Crippen LogP contribution is -2.30. The number of hydrogen-bond donors (Lipinski definition) is 1. The van der Waals surface area contributed by atoms with Crippen LogP contribution >= 0.6 is 11.5 Å². The Morgan fingerprint density at radius 2 is 2.23 bits per heavy atom. The molecule has 1 aromatic heterocycles. The molecular formula is C14H14FN3O3S. The number of anilines is 1. The molecule has 0 unspecified atom stereocenters. The molecule has 0 radical (unpaired) electrons. The van der Waals surface area contributed by atoms with Crippen LogP contribution in [0.25, 0.3) is 0 Å². The average molecular weight is 323 g/mol. The molecule has 0 aliphatic carbocycles. The second kappa shape index (κ2) is 7.08. The van der Waals surface area contributed by atoms with Gasteiger partial charge in [0.2, 0.25) is 0 Å². The van der Waals surface area contributed by atoms with Gasteiger partial charge >= 0.3 is 5.97 Å². The Morgan fingerprint density at radius 1 is 1.45 bits per heavy atom. The van der Waals surface area contributed by atoms with Gasteiger partial charge in [0.1, 0.15) is 5.82 Å². The summed E-state index contributed by atoms with van der Waals surface area (Å²) >= 11 is 0.925. The minimum atomic E-state index is -1.03. The van der Waals surface area contributed by atoms with Gasteiger partial charge in [0.15, 0.2) is 11.0 Å². The lowest BCUT2D eigenvalue weighted by molar-refractivity contribution is -0.123. The first-order chi connectivity index (χ1) is 10.5. The van der Waals surface area contributed by atoms with Crippen molar-refractivity contribution in [3.8, 4) is 0 Å². The van der Waals surface area contributed by atoms with E-state index in [1.54, 1.807) is 0 Å². The van der Waals surface area contributed by atoms with E-state index in [1.165, 1.54) is 31.2 Å². The molecule has 116 valence electrons. The molecule has 0 saturated heterocycles. The maximum Gasteiger partial charge on any atom is 0.352 e. The third-order valence-electron chi connectivity index (χ3n) is 2.82. The van der Waals surface area contributed by atoms with E-state index in [-0.39, 0.29) is 4.88 Å². The number of nitrogens with one attached hydrogen (secondary N) is 1. The van der Waals surface area contributed by atoms with Crippen LogP contribution in [0.1, 0.15) is 29.2 Å². The van der Waals surface area contributed by atoms with Crippen molar-refractivity contribution in [3.63, 3.8) is 0 Å². The Kier molecular flexibility index (Phi) is 5.16. The molecule has 1 amide bonds. The summed E-state index contributed by atoms with van der Waals surface area (Å²) in [5.41, 5.74) is 0.828.